The minimum Gasteiger partial charge on any atom is -0.386 e. The summed E-state index contributed by atoms with van der Waals surface area (Å²) in [5.74, 6) is 0. The van der Waals surface area contributed by atoms with Crippen LogP contribution in [0, 0.1) is 0 Å². The van der Waals surface area contributed by atoms with Gasteiger partial charge in [-0.05, 0) is 38.6 Å². The highest BCUT2D eigenvalue weighted by Gasteiger charge is 2.03. The molecule has 0 heterocycles. The third-order valence-corrected chi connectivity index (χ3v) is 1.59. The Morgan fingerprint density at radius 1 is 1.08 bits per heavy atom. The second-order valence-electron chi connectivity index (χ2n) is 4.14. The van der Waals surface area contributed by atoms with Gasteiger partial charge in [0.05, 0.1) is 0 Å². The first kappa shape index (κ1) is 9.85. The molecule has 1 aromatic rings. The topological polar surface area (TPSA) is 12.0 Å². The molecule has 0 aliphatic heterocycles. The first-order valence-corrected chi connectivity index (χ1v) is 4.57. The van der Waals surface area contributed by atoms with Gasteiger partial charge in [-0.3, -0.25) is 0 Å². The third-order valence-electron chi connectivity index (χ3n) is 1.59. The Morgan fingerprint density at radius 2 is 1.69 bits per heavy atom. The van der Waals surface area contributed by atoms with Crippen LogP contribution in [0.4, 0.5) is 0 Å². The van der Waals surface area contributed by atoms with E-state index < -0.39 is 0 Å². The number of hydrogen-bond donors (Lipinski definition) is 1. The summed E-state index contributed by atoms with van der Waals surface area (Å²) in [6.45, 7) is 6.42. The maximum absolute atomic E-state index is 3.29. The molecule has 1 rings (SSSR count). The fourth-order valence-electron chi connectivity index (χ4n) is 0.952. The average Bonchev–Trinajstić information content (AvgIpc) is 2.04. The Labute approximate surface area is 80.5 Å². The van der Waals surface area contributed by atoms with E-state index in [1.54, 1.807) is 0 Å². The lowest BCUT2D eigenvalue weighted by molar-refractivity contribution is 0.492. The van der Waals surface area contributed by atoms with Crippen LogP contribution >= 0.6 is 0 Å². The molecular weight excluding hydrogens is 158 g/mol. The zero-order valence-electron chi connectivity index (χ0n) is 8.54. The van der Waals surface area contributed by atoms with Crippen molar-refractivity contribution >= 4 is 6.08 Å². The van der Waals surface area contributed by atoms with Crippen LogP contribution in [0.15, 0.2) is 36.5 Å². The van der Waals surface area contributed by atoms with Gasteiger partial charge in [-0.1, -0.05) is 30.3 Å². The van der Waals surface area contributed by atoms with Crippen molar-refractivity contribution in [2.24, 2.45) is 0 Å². The van der Waals surface area contributed by atoms with E-state index in [1.807, 2.05) is 24.4 Å². The predicted octanol–water partition coefficient (Wildman–Crippen LogP) is 3.05. The summed E-state index contributed by atoms with van der Waals surface area (Å²) in [5.41, 5.74) is 1.37. The van der Waals surface area contributed by atoms with E-state index >= 15 is 0 Å². The fraction of sp³-hybridized carbons (Fsp3) is 0.333. The predicted molar refractivity (Wildman–Crippen MR) is 58.4 cm³/mol. The number of hydrogen-bond acceptors (Lipinski definition) is 1. The van der Waals surface area contributed by atoms with Gasteiger partial charge in [0.1, 0.15) is 0 Å². The van der Waals surface area contributed by atoms with Crippen molar-refractivity contribution in [3.63, 3.8) is 0 Å². The number of nitrogens with one attached hydrogen (secondary N) is 1. The summed E-state index contributed by atoms with van der Waals surface area (Å²) in [6.07, 6.45) is 4.07. The summed E-state index contributed by atoms with van der Waals surface area (Å²) in [4.78, 5) is 0. The Hall–Kier alpha value is -1.24. The molecule has 0 amide bonds. The highest BCUT2D eigenvalue weighted by Crippen LogP contribution is 2.02. The third kappa shape index (κ3) is 4.36. The SMILES string of the molecule is CC(C)(C)NC=Cc1ccccc1. The largest absolute Gasteiger partial charge is 0.386 e. The van der Waals surface area contributed by atoms with Gasteiger partial charge in [-0.15, -0.1) is 0 Å². The lowest BCUT2D eigenvalue weighted by Gasteiger charge is -2.18. The first-order valence-electron chi connectivity index (χ1n) is 4.57. The molecule has 0 saturated heterocycles. The Morgan fingerprint density at radius 3 is 2.23 bits per heavy atom. The minimum absolute atomic E-state index is 0.144. The van der Waals surface area contributed by atoms with E-state index in [2.05, 4.69) is 44.3 Å². The minimum atomic E-state index is 0.144. The molecule has 1 aromatic carbocycles. The standard InChI is InChI=1S/C12H17N/c1-12(2,3)13-10-9-11-7-5-4-6-8-11/h4-10,13H,1-3H3. The van der Waals surface area contributed by atoms with Gasteiger partial charge in [-0.2, -0.15) is 0 Å². The lowest BCUT2D eigenvalue weighted by Crippen LogP contribution is -2.30. The van der Waals surface area contributed by atoms with Crippen LogP contribution in [0.1, 0.15) is 26.3 Å². The summed E-state index contributed by atoms with van der Waals surface area (Å²) in [6, 6.07) is 10.3. The fourth-order valence-corrected chi connectivity index (χ4v) is 0.952. The van der Waals surface area contributed by atoms with Gasteiger partial charge < -0.3 is 5.32 Å². The van der Waals surface area contributed by atoms with Crippen LogP contribution in [0.2, 0.25) is 0 Å². The van der Waals surface area contributed by atoms with E-state index in [-0.39, 0.29) is 5.54 Å². The number of benzene rings is 1. The molecule has 1 nitrogen and oxygen atoms in total. The normalized spacial score (nSPS) is 11.9. The monoisotopic (exact) mass is 175 g/mol. The summed E-state index contributed by atoms with van der Waals surface area (Å²) < 4.78 is 0. The van der Waals surface area contributed by atoms with Gasteiger partial charge in [-0.25, -0.2) is 0 Å². The van der Waals surface area contributed by atoms with Gasteiger partial charge in [0.25, 0.3) is 0 Å². The van der Waals surface area contributed by atoms with Gasteiger partial charge in [0, 0.05) is 5.54 Å². The Kier molecular flexibility index (Phi) is 3.13. The quantitative estimate of drug-likeness (QED) is 0.728. The van der Waals surface area contributed by atoms with Crippen LogP contribution in [-0.2, 0) is 0 Å². The zero-order valence-corrected chi connectivity index (χ0v) is 8.54. The van der Waals surface area contributed by atoms with E-state index in [0.717, 1.165) is 0 Å². The van der Waals surface area contributed by atoms with Crippen molar-refractivity contribution < 1.29 is 0 Å². The van der Waals surface area contributed by atoms with Crippen LogP contribution in [0.5, 0.6) is 0 Å². The Balaban J connectivity index is 2.51. The van der Waals surface area contributed by atoms with Crippen molar-refractivity contribution in [1.29, 1.82) is 0 Å². The molecule has 0 aliphatic rings. The zero-order chi connectivity index (χ0) is 9.73. The first-order chi connectivity index (χ1) is 6.08. The van der Waals surface area contributed by atoms with Crippen molar-refractivity contribution in [2.45, 2.75) is 26.3 Å². The highest BCUT2D eigenvalue weighted by atomic mass is 14.9. The second kappa shape index (κ2) is 4.13. The molecule has 0 spiro atoms. The molecule has 70 valence electrons. The second-order valence-corrected chi connectivity index (χ2v) is 4.14. The van der Waals surface area contributed by atoms with Crippen LogP contribution in [0.25, 0.3) is 6.08 Å². The Bertz CT molecular complexity index is 267. The van der Waals surface area contributed by atoms with E-state index in [1.165, 1.54) is 5.56 Å². The van der Waals surface area contributed by atoms with Crippen molar-refractivity contribution in [3.05, 3.63) is 42.1 Å². The van der Waals surface area contributed by atoms with Crippen LogP contribution in [0.3, 0.4) is 0 Å². The smallest absolute Gasteiger partial charge is 0.0283 e. The molecule has 1 heteroatoms. The summed E-state index contributed by atoms with van der Waals surface area (Å²) >= 11 is 0. The van der Waals surface area contributed by atoms with E-state index in [4.69, 9.17) is 0 Å². The van der Waals surface area contributed by atoms with E-state index in [0.29, 0.717) is 0 Å². The van der Waals surface area contributed by atoms with Crippen molar-refractivity contribution in [2.75, 3.05) is 0 Å². The molecule has 0 aromatic heterocycles. The molecule has 13 heavy (non-hydrogen) atoms. The van der Waals surface area contributed by atoms with Gasteiger partial charge in [0.15, 0.2) is 0 Å². The molecule has 0 radical (unpaired) electrons. The lowest BCUT2D eigenvalue weighted by atomic mass is 10.1. The van der Waals surface area contributed by atoms with Crippen LogP contribution < -0.4 is 5.32 Å². The summed E-state index contributed by atoms with van der Waals surface area (Å²) in [7, 11) is 0. The van der Waals surface area contributed by atoms with E-state index in [9.17, 15) is 0 Å². The van der Waals surface area contributed by atoms with Gasteiger partial charge in [0.2, 0.25) is 0 Å². The summed E-state index contributed by atoms with van der Waals surface area (Å²) in [5, 5.41) is 3.29. The molecule has 0 aliphatic carbocycles. The van der Waals surface area contributed by atoms with Crippen molar-refractivity contribution in [1.82, 2.24) is 5.32 Å². The maximum Gasteiger partial charge on any atom is 0.0283 e. The molecule has 1 N–H and O–H groups in total. The highest BCUT2D eigenvalue weighted by molar-refractivity contribution is 5.48. The van der Waals surface area contributed by atoms with Gasteiger partial charge >= 0.3 is 0 Å². The molecular formula is C12H17N. The molecule has 0 unspecified atom stereocenters. The molecule has 0 atom stereocenters. The average molecular weight is 175 g/mol. The molecule has 0 fully saturated rings. The molecule has 0 saturated carbocycles. The molecule has 0 bridgehead atoms. The van der Waals surface area contributed by atoms with Crippen LogP contribution in [-0.4, -0.2) is 5.54 Å². The van der Waals surface area contributed by atoms with Crippen molar-refractivity contribution in [3.8, 4) is 0 Å². The number of rotatable bonds is 2. The maximum atomic E-state index is 3.29.